The lowest BCUT2D eigenvalue weighted by Gasteiger charge is -2.34. The minimum atomic E-state index is 0.0907. The average Bonchev–Trinajstić information content (AvgIpc) is 2.90. The Morgan fingerprint density at radius 3 is 3.05 bits per heavy atom. The van der Waals surface area contributed by atoms with Crippen molar-refractivity contribution in [2.75, 3.05) is 20.1 Å². The lowest BCUT2D eigenvalue weighted by Crippen LogP contribution is -2.49. The summed E-state index contributed by atoms with van der Waals surface area (Å²) < 4.78 is 0. The molecule has 3 nitrogen and oxygen atoms in total. The molecule has 2 atom stereocenters. The molecule has 2 aliphatic rings. The lowest BCUT2D eigenvalue weighted by molar-refractivity contribution is -0.131. The first-order valence-electron chi connectivity index (χ1n) is 6.98. The second-order valence-corrected chi connectivity index (χ2v) is 6.57. The van der Waals surface area contributed by atoms with Crippen molar-refractivity contribution >= 4 is 17.7 Å². The van der Waals surface area contributed by atoms with E-state index in [0.29, 0.717) is 11.9 Å². The van der Waals surface area contributed by atoms with Crippen LogP contribution in [0, 0.1) is 0 Å². The molecule has 0 aliphatic carbocycles. The van der Waals surface area contributed by atoms with Crippen LogP contribution in [0.5, 0.6) is 0 Å². The molecule has 2 unspecified atom stereocenters. The molecule has 3 rings (SSSR count). The van der Waals surface area contributed by atoms with Gasteiger partial charge in [0.2, 0.25) is 5.91 Å². The molecule has 0 spiro atoms. The van der Waals surface area contributed by atoms with Gasteiger partial charge in [-0.25, -0.2) is 0 Å². The number of likely N-dealkylation sites (N-methyl/N-ethyl adjacent to an activating group) is 1. The number of carbonyl (C=O) groups is 1. The standard InChI is InChI=1S/C15H20N2OS/c1-16-12-6-4-8-17(10-12)15(18)14-9-11-5-2-3-7-13(11)19-14/h2-3,5,7,12,14,16H,4,6,8-10H2,1H3. The van der Waals surface area contributed by atoms with Crippen LogP contribution in [0.15, 0.2) is 29.2 Å². The van der Waals surface area contributed by atoms with Crippen molar-refractivity contribution in [3.05, 3.63) is 29.8 Å². The molecule has 2 aliphatic heterocycles. The summed E-state index contributed by atoms with van der Waals surface area (Å²) in [5.41, 5.74) is 1.33. The van der Waals surface area contributed by atoms with Gasteiger partial charge in [0, 0.05) is 24.0 Å². The van der Waals surface area contributed by atoms with Gasteiger partial charge in [-0.2, -0.15) is 0 Å². The molecule has 2 heterocycles. The van der Waals surface area contributed by atoms with E-state index in [1.165, 1.54) is 16.9 Å². The van der Waals surface area contributed by atoms with Crippen LogP contribution in [0.25, 0.3) is 0 Å². The van der Waals surface area contributed by atoms with E-state index in [9.17, 15) is 4.79 Å². The summed E-state index contributed by atoms with van der Waals surface area (Å²) in [5, 5.41) is 3.39. The Bertz CT molecular complexity index is 452. The number of fused-ring (bicyclic) bond motifs is 1. The van der Waals surface area contributed by atoms with Gasteiger partial charge in [-0.15, -0.1) is 11.8 Å². The molecule has 0 bridgehead atoms. The highest BCUT2D eigenvalue weighted by atomic mass is 32.2. The summed E-state index contributed by atoms with van der Waals surface area (Å²) in [7, 11) is 1.98. The Hall–Kier alpha value is -1.00. The van der Waals surface area contributed by atoms with Gasteiger partial charge in [0.25, 0.3) is 0 Å². The van der Waals surface area contributed by atoms with Crippen molar-refractivity contribution in [3.63, 3.8) is 0 Å². The van der Waals surface area contributed by atoms with E-state index in [-0.39, 0.29) is 5.25 Å². The fourth-order valence-electron chi connectivity index (χ4n) is 2.94. The molecular weight excluding hydrogens is 256 g/mol. The van der Waals surface area contributed by atoms with Crippen molar-refractivity contribution < 1.29 is 4.79 Å². The minimum Gasteiger partial charge on any atom is -0.340 e. The predicted octanol–water partition coefficient (Wildman–Crippen LogP) is 1.91. The number of amides is 1. The average molecular weight is 276 g/mol. The van der Waals surface area contributed by atoms with Gasteiger partial charge in [0.1, 0.15) is 0 Å². The van der Waals surface area contributed by atoms with Crippen LogP contribution in [0.4, 0.5) is 0 Å². The van der Waals surface area contributed by atoms with Crippen LogP contribution in [0.2, 0.25) is 0 Å². The van der Waals surface area contributed by atoms with Crippen molar-refractivity contribution in [2.24, 2.45) is 0 Å². The van der Waals surface area contributed by atoms with Crippen LogP contribution >= 0.6 is 11.8 Å². The van der Waals surface area contributed by atoms with E-state index < -0.39 is 0 Å². The Balaban J connectivity index is 1.66. The zero-order valence-electron chi connectivity index (χ0n) is 11.3. The largest absolute Gasteiger partial charge is 0.340 e. The quantitative estimate of drug-likeness (QED) is 0.895. The molecule has 0 aromatic heterocycles. The summed E-state index contributed by atoms with van der Waals surface area (Å²) >= 11 is 1.74. The molecule has 102 valence electrons. The number of carbonyl (C=O) groups excluding carboxylic acids is 1. The number of hydrogen-bond donors (Lipinski definition) is 1. The second-order valence-electron chi connectivity index (χ2n) is 5.33. The summed E-state index contributed by atoms with van der Waals surface area (Å²) in [4.78, 5) is 15.9. The zero-order chi connectivity index (χ0) is 13.2. The zero-order valence-corrected chi connectivity index (χ0v) is 12.1. The topological polar surface area (TPSA) is 32.3 Å². The number of rotatable bonds is 2. The van der Waals surface area contributed by atoms with E-state index in [0.717, 1.165) is 25.9 Å². The third-order valence-corrected chi connectivity index (χ3v) is 5.37. The SMILES string of the molecule is CNC1CCCN(C(=O)C2Cc3ccccc3S2)C1. The maximum Gasteiger partial charge on any atom is 0.236 e. The molecule has 1 aromatic carbocycles. The number of piperidine rings is 1. The van der Waals surface area contributed by atoms with Crippen molar-refractivity contribution in [1.82, 2.24) is 10.2 Å². The monoisotopic (exact) mass is 276 g/mol. The first-order valence-corrected chi connectivity index (χ1v) is 7.86. The molecule has 1 fully saturated rings. The molecular formula is C15H20N2OS. The van der Waals surface area contributed by atoms with E-state index in [4.69, 9.17) is 0 Å². The van der Waals surface area contributed by atoms with Gasteiger partial charge >= 0.3 is 0 Å². The van der Waals surface area contributed by atoms with Gasteiger partial charge in [-0.3, -0.25) is 4.79 Å². The first kappa shape index (κ1) is 13.0. The van der Waals surface area contributed by atoms with Gasteiger partial charge in [0.05, 0.1) is 5.25 Å². The predicted molar refractivity (Wildman–Crippen MR) is 78.5 cm³/mol. The van der Waals surface area contributed by atoms with Crippen LogP contribution in [-0.4, -0.2) is 42.2 Å². The van der Waals surface area contributed by atoms with Gasteiger partial charge in [-0.1, -0.05) is 18.2 Å². The fraction of sp³-hybridized carbons (Fsp3) is 0.533. The number of benzene rings is 1. The Morgan fingerprint density at radius 1 is 1.42 bits per heavy atom. The molecule has 1 aromatic rings. The number of nitrogens with one attached hydrogen (secondary N) is 1. The summed E-state index contributed by atoms with van der Waals surface area (Å²) in [6.45, 7) is 1.78. The van der Waals surface area contributed by atoms with Gasteiger partial charge < -0.3 is 10.2 Å². The van der Waals surface area contributed by atoms with E-state index in [1.54, 1.807) is 11.8 Å². The number of hydrogen-bond acceptors (Lipinski definition) is 3. The molecule has 4 heteroatoms. The third-order valence-electron chi connectivity index (χ3n) is 4.06. The Kier molecular flexibility index (Phi) is 3.80. The van der Waals surface area contributed by atoms with Crippen LogP contribution in [0.1, 0.15) is 18.4 Å². The van der Waals surface area contributed by atoms with Crippen LogP contribution in [-0.2, 0) is 11.2 Å². The maximum absolute atomic E-state index is 12.6. The minimum absolute atomic E-state index is 0.0907. The molecule has 19 heavy (non-hydrogen) atoms. The molecule has 0 radical (unpaired) electrons. The fourth-order valence-corrected chi connectivity index (χ4v) is 4.22. The first-order chi connectivity index (χ1) is 9.28. The molecule has 1 amide bonds. The smallest absolute Gasteiger partial charge is 0.236 e. The molecule has 1 N–H and O–H groups in total. The normalized spacial score (nSPS) is 26.3. The summed E-state index contributed by atoms with van der Waals surface area (Å²) in [6.07, 6.45) is 3.18. The lowest BCUT2D eigenvalue weighted by atomic mass is 10.0. The highest BCUT2D eigenvalue weighted by molar-refractivity contribution is 8.01. The number of likely N-dealkylation sites (tertiary alicyclic amines) is 1. The van der Waals surface area contributed by atoms with Crippen molar-refractivity contribution in [3.8, 4) is 0 Å². The van der Waals surface area contributed by atoms with E-state index in [2.05, 4.69) is 29.6 Å². The highest BCUT2D eigenvalue weighted by Crippen LogP contribution is 2.37. The van der Waals surface area contributed by atoms with E-state index >= 15 is 0 Å². The molecule has 0 saturated carbocycles. The maximum atomic E-state index is 12.6. The van der Waals surface area contributed by atoms with Gasteiger partial charge in [-0.05, 0) is 37.9 Å². The summed E-state index contributed by atoms with van der Waals surface area (Å²) in [6, 6.07) is 8.84. The van der Waals surface area contributed by atoms with Crippen molar-refractivity contribution in [1.29, 1.82) is 0 Å². The highest BCUT2D eigenvalue weighted by Gasteiger charge is 2.33. The Labute approximate surface area is 118 Å². The second kappa shape index (κ2) is 5.55. The van der Waals surface area contributed by atoms with Gasteiger partial charge in [0.15, 0.2) is 0 Å². The summed E-state index contributed by atoms with van der Waals surface area (Å²) in [5.74, 6) is 0.321. The Morgan fingerprint density at radius 2 is 2.26 bits per heavy atom. The van der Waals surface area contributed by atoms with Crippen molar-refractivity contribution in [2.45, 2.75) is 35.4 Å². The number of thioether (sulfide) groups is 1. The number of nitrogens with zero attached hydrogens (tertiary/aromatic N) is 1. The molecule has 1 saturated heterocycles. The van der Waals surface area contributed by atoms with Crippen LogP contribution in [0.3, 0.4) is 0 Å². The third kappa shape index (κ3) is 2.65. The van der Waals surface area contributed by atoms with E-state index in [1.807, 2.05) is 11.9 Å². The van der Waals surface area contributed by atoms with Crippen LogP contribution < -0.4 is 5.32 Å².